The molecule has 1 aliphatic heterocycles. The molecular formula is C17H19F2N3O. The highest BCUT2D eigenvalue weighted by molar-refractivity contribution is 5.38. The fourth-order valence-electron chi connectivity index (χ4n) is 2.87. The van der Waals surface area contributed by atoms with Gasteiger partial charge >= 0.3 is 0 Å². The van der Waals surface area contributed by atoms with Crippen LogP contribution in [0.1, 0.15) is 11.7 Å². The van der Waals surface area contributed by atoms with E-state index >= 15 is 0 Å². The third-order valence-corrected chi connectivity index (χ3v) is 4.11. The van der Waals surface area contributed by atoms with E-state index in [1.165, 1.54) is 18.2 Å². The summed E-state index contributed by atoms with van der Waals surface area (Å²) in [4.78, 5) is 8.49. The first-order valence-corrected chi connectivity index (χ1v) is 7.65. The smallest absolute Gasteiger partial charge is 0.131 e. The topological polar surface area (TPSA) is 39.6 Å². The number of hydrogen-bond acceptors (Lipinski definition) is 4. The maximum absolute atomic E-state index is 13.7. The van der Waals surface area contributed by atoms with Gasteiger partial charge < -0.3 is 10.0 Å². The van der Waals surface area contributed by atoms with Gasteiger partial charge in [0, 0.05) is 38.9 Å². The molecule has 0 aliphatic carbocycles. The number of piperazine rings is 1. The van der Waals surface area contributed by atoms with Gasteiger partial charge in [0.2, 0.25) is 0 Å². The SMILES string of the molecule is OC(CN1CCN(c2ccccn2)CC1)c1c(F)cccc1F. The molecule has 1 N–H and O–H groups in total. The minimum Gasteiger partial charge on any atom is -0.387 e. The number of aliphatic hydroxyl groups excluding tert-OH is 1. The van der Waals surface area contributed by atoms with Crippen LogP contribution in [0.25, 0.3) is 0 Å². The van der Waals surface area contributed by atoms with Gasteiger partial charge in [-0.1, -0.05) is 12.1 Å². The highest BCUT2D eigenvalue weighted by atomic mass is 19.1. The molecule has 6 heteroatoms. The van der Waals surface area contributed by atoms with Crippen molar-refractivity contribution in [1.82, 2.24) is 9.88 Å². The number of halogens is 2. The first-order valence-electron chi connectivity index (χ1n) is 7.65. The molecule has 2 heterocycles. The number of nitrogens with zero attached hydrogens (tertiary/aromatic N) is 3. The van der Waals surface area contributed by atoms with Gasteiger partial charge in [-0.3, -0.25) is 4.90 Å². The average Bonchev–Trinajstić information content (AvgIpc) is 2.56. The Morgan fingerprint density at radius 2 is 1.70 bits per heavy atom. The highest BCUT2D eigenvalue weighted by Crippen LogP contribution is 2.22. The van der Waals surface area contributed by atoms with E-state index in [0.717, 1.165) is 18.9 Å². The van der Waals surface area contributed by atoms with Gasteiger partial charge in [-0.2, -0.15) is 0 Å². The van der Waals surface area contributed by atoms with E-state index in [-0.39, 0.29) is 12.1 Å². The Kier molecular flexibility index (Phi) is 4.83. The summed E-state index contributed by atoms with van der Waals surface area (Å²) >= 11 is 0. The van der Waals surface area contributed by atoms with Gasteiger partial charge in [-0.05, 0) is 24.3 Å². The lowest BCUT2D eigenvalue weighted by Gasteiger charge is -2.36. The number of β-amino-alcohol motifs (C(OH)–C–C–N with tert-alkyl or cyclic N) is 1. The summed E-state index contributed by atoms with van der Waals surface area (Å²) in [6.45, 7) is 3.17. The molecule has 1 aromatic heterocycles. The number of aromatic nitrogens is 1. The predicted molar refractivity (Wildman–Crippen MR) is 84.2 cm³/mol. The van der Waals surface area contributed by atoms with E-state index in [9.17, 15) is 13.9 Å². The quantitative estimate of drug-likeness (QED) is 0.938. The van der Waals surface area contributed by atoms with Crippen LogP contribution in [0.2, 0.25) is 0 Å². The minimum atomic E-state index is -1.17. The van der Waals surface area contributed by atoms with E-state index in [1.807, 2.05) is 23.1 Å². The summed E-state index contributed by atoms with van der Waals surface area (Å²) in [6, 6.07) is 9.41. The first kappa shape index (κ1) is 15.8. The third-order valence-electron chi connectivity index (χ3n) is 4.11. The fourth-order valence-corrected chi connectivity index (χ4v) is 2.87. The summed E-state index contributed by atoms with van der Waals surface area (Å²) in [5.41, 5.74) is -0.250. The molecule has 23 heavy (non-hydrogen) atoms. The van der Waals surface area contributed by atoms with Gasteiger partial charge in [-0.25, -0.2) is 13.8 Å². The van der Waals surface area contributed by atoms with E-state index in [0.29, 0.717) is 13.1 Å². The van der Waals surface area contributed by atoms with Crippen LogP contribution < -0.4 is 4.90 Å². The van der Waals surface area contributed by atoms with Crippen molar-refractivity contribution in [3.63, 3.8) is 0 Å². The molecule has 1 fully saturated rings. The number of aliphatic hydroxyl groups is 1. The molecule has 0 spiro atoms. The van der Waals surface area contributed by atoms with Crippen molar-refractivity contribution in [3.8, 4) is 0 Å². The standard InChI is InChI=1S/C17H19F2N3O/c18-13-4-3-5-14(19)17(13)15(23)12-21-8-10-22(11-9-21)16-6-1-2-7-20-16/h1-7,15,23H,8-12H2. The number of rotatable bonds is 4. The fraction of sp³-hybridized carbons (Fsp3) is 0.353. The monoisotopic (exact) mass is 319 g/mol. The zero-order valence-corrected chi connectivity index (χ0v) is 12.7. The van der Waals surface area contributed by atoms with Crippen molar-refractivity contribution in [2.75, 3.05) is 37.6 Å². The first-order chi connectivity index (χ1) is 11.1. The van der Waals surface area contributed by atoms with Crippen molar-refractivity contribution in [3.05, 3.63) is 59.8 Å². The molecule has 1 saturated heterocycles. The van der Waals surface area contributed by atoms with Gasteiger partial charge in [-0.15, -0.1) is 0 Å². The number of pyridine rings is 1. The molecule has 0 saturated carbocycles. The summed E-state index contributed by atoms with van der Waals surface area (Å²) in [6.07, 6.45) is 0.587. The Balaban J connectivity index is 1.58. The Bertz CT molecular complexity index is 625. The maximum Gasteiger partial charge on any atom is 0.131 e. The Labute approximate surface area is 134 Å². The molecule has 0 radical (unpaired) electrons. The molecule has 0 amide bonds. The normalized spacial score (nSPS) is 17.3. The van der Waals surface area contributed by atoms with Gasteiger partial charge in [0.1, 0.15) is 17.5 Å². The molecule has 1 unspecified atom stereocenters. The second-order valence-electron chi connectivity index (χ2n) is 5.63. The lowest BCUT2D eigenvalue weighted by molar-refractivity contribution is 0.103. The molecule has 2 aromatic rings. The van der Waals surface area contributed by atoms with Crippen LogP contribution in [0.5, 0.6) is 0 Å². The molecule has 4 nitrogen and oxygen atoms in total. The number of anilines is 1. The number of hydrogen-bond donors (Lipinski definition) is 1. The molecule has 122 valence electrons. The zero-order valence-electron chi connectivity index (χ0n) is 12.7. The highest BCUT2D eigenvalue weighted by Gasteiger charge is 2.23. The van der Waals surface area contributed by atoms with E-state index in [4.69, 9.17) is 0 Å². The second kappa shape index (κ2) is 7.02. The van der Waals surface area contributed by atoms with Crippen LogP contribution in [0, 0.1) is 11.6 Å². The van der Waals surface area contributed by atoms with Crippen molar-refractivity contribution in [2.45, 2.75) is 6.10 Å². The van der Waals surface area contributed by atoms with E-state index in [1.54, 1.807) is 6.20 Å². The summed E-state index contributed by atoms with van der Waals surface area (Å²) in [5, 5.41) is 10.2. The molecule has 1 aromatic carbocycles. The minimum absolute atomic E-state index is 0.216. The molecule has 1 aliphatic rings. The van der Waals surface area contributed by atoms with Crippen molar-refractivity contribution in [2.24, 2.45) is 0 Å². The summed E-state index contributed by atoms with van der Waals surface area (Å²) in [7, 11) is 0. The third kappa shape index (κ3) is 3.65. The molecule has 0 bridgehead atoms. The van der Waals surface area contributed by atoms with Gasteiger partial charge in [0.25, 0.3) is 0 Å². The Morgan fingerprint density at radius 1 is 1.00 bits per heavy atom. The maximum atomic E-state index is 13.7. The van der Waals surface area contributed by atoms with Crippen LogP contribution in [0.4, 0.5) is 14.6 Å². The largest absolute Gasteiger partial charge is 0.387 e. The van der Waals surface area contributed by atoms with Crippen LogP contribution in [0.3, 0.4) is 0 Å². The number of benzene rings is 1. The van der Waals surface area contributed by atoms with E-state index in [2.05, 4.69) is 9.88 Å². The van der Waals surface area contributed by atoms with E-state index < -0.39 is 17.7 Å². The van der Waals surface area contributed by atoms with Crippen LogP contribution in [-0.2, 0) is 0 Å². The Morgan fingerprint density at radius 3 is 2.30 bits per heavy atom. The Hall–Kier alpha value is -2.05. The second-order valence-corrected chi connectivity index (χ2v) is 5.63. The summed E-state index contributed by atoms with van der Waals surface area (Å²) in [5.74, 6) is -0.484. The molecule has 3 rings (SSSR count). The van der Waals surface area contributed by atoms with Crippen LogP contribution >= 0.6 is 0 Å². The summed E-state index contributed by atoms with van der Waals surface area (Å²) < 4.78 is 27.4. The van der Waals surface area contributed by atoms with Crippen LogP contribution in [0.15, 0.2) is 42.6 Å². The van der Waals surface area contributed by atoms with Gasteiger partial charge in [0.05, 0.1) is 11.7 Å². The van der Waals surface area contributed by atoms with Crippen molar-refractivity contribution < 1.29 is 13.9 Å². The zero-order chi connectivity index (χ0) is 16.2. The van der Waals surface area contributed by atoms with Crippen LogP contribution in [-0.4, -0.2) is 47.7 Å². The lowest BCUT2D eigenvalue weighted by Crippen LogP contribution is -2.47. The van der Waals surface area contributed by atoms with Gasteiger partial charge in [0.15, 0.2) is 0 Å². The molecular weight excluding hydrogens is 300 g/mol. The predicted octanol–water partition coefficient (Wildman–Crippen LogP) is 2.22. The lowest BCUT2D eigenvalue weighted by atomic mass is 10.1. The van der Waals surface area contributed by atoms with Crippen molar-refractivity contribution in [1.29, 1.82) is 0 Å². The molecule has 1 atom stereocenters. The van der Waals surface area contributed by atoms with Crippen molar-refractivity contribution >= 4 is 5.82 Å². The average molecular weight is 319 g/mol.